The highest BCUT2D eigenvalue weighted by atomic mass is 32.1. The van der Waals surface area contributed by atoms with Gasteiger partial charge in [-0.2, -0.15) is 0 Å². The van der Waals surface area contributed by atoms with Gasteiger partial charge in [0.15, 0.2) is 16.6 Å². The van der Waals surface area contributed by atoms with E-state index in [0.29, 0.717) is 0 Å². The van der Waals surface area contributed by atoms with E-state index in [1.54, 1.807) is 11.3 Å². The highest BCUT2D eigenvalue weighted by Gasteiger charge is 2.15. The number of hydrogen-bond donors (Lipinski definition) is 2. The highest BCUT2D eigenvalue weighted by Crippen LogP contribution is 2.36. The molecule has 0 atom stereocenters. The third kappa shape index (κ3) is 4.13. The molecule has 1 aliphatic heterocycles. The number of unbranched alkanes of at least 4 members (excludes halogenated alkanes) is 2. The summed E-state index contributed by atoms with van der Waals surface area (Å²) in [5.74, 6) is 0.790. The third-order valence-electron chi connectivity index (χ3n) is 3.52. The van der Waals surface area contributed by atoms with Crippen LogP contribution in [0.3, 0.4) is 0 Å². The number of anilines is 1. The van der Waals surface area contributed by atoms with Crippen LogP contribution in [0.2, 0.25) is 0 Å². The average Bonchev–Trinajstić information content (AvgIpc) is 3.18. The number of benzene rings is 1. The molecule has 0 amide bonds. The van der Waals surface area contributed by atoms with Crippen LogP contribution in [-0.4, -0.2) is 29.4 Å². The van der Waals surface area contributed by atoms with Gasteiger partial charge >= 0.3 is 5.97 Å². The summed E-state index contributed by atoms with van der Waals surface area (Å²) < 4.78 is 10.7. The van der Waals surface area contributed by atoms with Crippen LogP contribution in [0.25, 0.3) is 11.3 Å². The second-order valence-electron chi connectivity index (χ2n) is 5.24. The first-order valence-electron chi connectivity index (χ1n) is 7.53. The summed E-state index contributed by atoms with van der Waals surface area (Å²) in [4.78, 5) is 15.0. The predicted octanol–water partition coefficient (Wildman–Crippen LogP) is 3.60. The Bertz CT molecular complexity index is 686. The summed E-state index contributed by atoms with van der Waals surface area (Å²) in [6.07, 6.45) is 2.80. The Labute approximate surface area is 138 Å². The molecule has 3 rings (SSSR count). The molecule has 2 aromatic rings. The van der Waals surface area contributed by atoms with Crippen LogP contribution in [-0.2, 0) is 4.79 Å². The van der Waals surface area contributed by atoms with Crippen LogP contribution in [0.15, 0.2) is 23.6 Å². The smallest absolute Gasteiger partial charge is 0.303 e. The summed E-state index contributed by atoms with van der Waals surface area (Å²) >= 11 is 1.56. The molecule has 1 aromatic carbocycles. The van der Waals surface area contributed by atoms with Crippen molar-refractivity contribution in [3.63, 3.8) is 0 Å². The maximum atomic E-state index is 10.4. The number of thiazole rings is 1. The minimum Gasteiger partial charge on any atom is -0.481 e. The third-order valence-corrected chi connectivity index (χ3v) is 4.32. The minimum absolute atomic E-state index is 0.242. The zero-order valence-corrected chi connectivity index (χ0v) is 13.4. The number of fused-ring (bicyclic) bond motifs is 1. The number of carboxylic acid groups (broad SMARTS) is 1. The van der Waals surface area contributed by atoms with Crippen molar-refractivity contribution in [1.82, 2.24) is 4.98 Å². The molecule has 0 saturated carbocycles. The van der Waals surface area contributed by atoms with Gasteiger partial charge in [0.05, 0.1) is 5.69 Å². The fourth-order valence-corrected chi connectivity index (χ4v) is 3.07. The van der Waals surface area contributed by atoms with Crippen molar-refractivity contribution in [2.45, 2.75) is 25.7 Å². The van der Waals surface area contributed by atoms with E-state index in [4.69, 9.17) is 14.6 Å². The van der Waals surface area contributed by atoms with Gasteiger partial charge in [0.1, 0.15) is 0 Å². The molecule has 1 aromatic heterocycles. The number of nitrogens with zero attached hydrogens (tertiary/aromatic N) is 1. The number of rotatable bonds is 8. The van der Waals surface area contributed by atoms with Gasteiger partial charge in [-0.25, -0.2) is 4.98 Å². The van der Waals surface area contributed by atoms with E-state index in [1.165, 1.54) is 0 Å². The first-order chi connectivity index (χ1) is 11.2. The van der Waals surface area contributed by atoms with Crippen LogP contribution in [0.1, 0.15) is 25.7 Å². The maximum absolute atomic E-state index is 10.4. The van der Waals surface area contributed by atoms with Crippen molar-refractivity contribution in [3.05, 3.63) is 23.6 Å². The molecule has 23 heavy (non-hydrogen) atoms. The summed E-state index contributed by atoms with van der Waals surface area (Å²) in [7, 11) is 0. The molecule has 0 radical (unpaired) electrons. The minimum atomic E-state index is -0.730. The number of ether oxygens (including phenoxy) is 2. The molecular weight excluding hydrogens is 316 g/mol. The van der Waals surface area contributed by atoms with E-state index in [0.717, 1.165) is 53.7 Å². The second-order valence-corrected chi connectivity index (χ2v) is 6.10. The number of carbonyl (C=O) groups is 1. The van der Waals surface area contributed by atoms with Crippen LogP contribution in [0, 0.1) is 0 Å². The topological polar surface area (TPSA) is 80.7 Å². The van der Waals surface area contributed by atoms with Crippen molar-refractivity contribution in [1.29, 1.82) is 0 Å². The molecular formula is C16H18N2O4S. The lowest BCUT2D eigenvalue weighted by atomic mass is 10.1. The van der Waals surface area contributed by atoms with Crippen molar-refractivity contribution in [2.75, 3.05) is 18.7 Å². The molecule has 0 spiro atoms. The SMILES string of the molecule is O=C(O)CCCCCNc1nc(-c2ccc3c(c2)OCO3)cs1. The molecule has 2 heterocycles. The Morgan fingerprint density at radius 1 is 1.26 bits per heavy atom. The fourth-order valence-electron chi connectivity index (χ4n) is 2.32. The standard InChI is InChI=1S/C16H18N2O4S/c19-15(20)4-2-1-3-7-17-16-18-12(9-23-16)11-5-6-13-14(8-11)22-10-21-13/h5-6,8-9H,1-4,7,10H2,(H,17,18)(H,19,20). The van der Waals surface area contributed by atoms with E-state index in [2.05, 4.69) is 10.3 Å². The largest absolute Gasteiger partial charge is 0.481 e. The lowest BCUT2D eigenvalue weighted by molar-refractivity contribution is -0.137. The van der Waals surface area contributed by atoms with E-state index >= 15 is 0 Å². The van der Waals surface area contributed by atoms with Gasteiger partial charge in [-0.15, -0.1) is 11.3 Å². The molecule has 6 nitrogen and oxygen atoms in total. The van der Waals surface area contributed by atoms with Crippen molar-refractivity contribution in [2.24, 2.45) is 0 Å². The number of aromatic nitrogens is 1. The molecule has 0 saturated heterocycles. The summed E-state index contributed by atoms with van der Waals surface area (Å²) in [5, 5.41) is 14.7. The van der Waals surface area contributed by atoms with Crippen LogP contribution in [0.5, 0.6) is 11.5 Å². The Balaban J connectivity index is 1.49. The number of hydrogen-bond acceptors (Lipinski definition) is 6. The van der Waals surface area contributed by atoms with Gasteiger partial charge in [-0.05, 0) is 31.0 Å². The molecule has 122 valence electrons. The summed E-state index contributed by atoms with van der Waals surface area (Å²) in [5.41, 5.74) is 1.90. The average molecular weight is 334 g/mol. The zero-order chi connectivity index (χ0) is 16.1. The number of aliphatic carboxylic acids is 1. The Morgan fingerprint density at radius 3 is 3.00 bits per heavy atom. The van der Waals surface area contributed by atoms with E-state index < -0.39 is 5.97 Å². The molecule has 7 heteroatoms. The Hall–Kier alpha value is -2.28. The molecule has 0 aliphatic carbocycles. The normalized spacial score (nSPS) is 12.3. The molecule has 0 fully saturated rings. The number of carboxylic acids is 1. The van der Waals surface area contributed by atoms with Crippen molar-refractivity contribution >= 4 is 22.4 Å². The Morgan fingerprint density at radius 2 is 2.13 bits per heavy atom. The predicted molar refractivity (Wildman–Crippen MR) is 88.3 cm³/mol. The van der Waals surface area contributed by atoms with Gasteiger partial charge in [-0.1, -0.05) is 6.42 Å². The van der Waals surface area contributed by atoms with E-state index in [1.807, 2.05) is 23.6 Å². The molecule has 0 bridgehead atoms. The summed E-state index contributed by atoms with van der Waals surface area (Å²) in [6, 6.07) is 5.80. The first kappa shape index (κ1) is 15.6. The first-order valence-corrected chi connectivity index (χ1v) is 8.41. The fraction of sp³-hybridized carbons (Fsp3) is 0.375. The maximum Gasteiger partial charge on any atom is 0.303 e. The van der Waals surface area contributed by atoms with Gasteiger partial charge in [0.25, 0.3) is 0 Å². The monoisotopic (exact) mass is 334 g/mol. The number of nitrogens with one attached hydrogen (secondary N) is 1. The second kappa shape index (κ2) is 7.32. The summed E-state index contributed by atoms with van der Waals surface area (Å²) in [6.45, 7) is 1.07. The quantitative estimate of drug-likeness (QED) is 0.718. The Kier molecular flexibility index (Phi) is 4.97. The molecule has 0 unspecified atom stereocenters. The van der Waals surface area contributed by atoms with Crippen LogP contribution < -0.4 is 14.8 Å². The lowest BCUT2D eigenvalue weighted by Crippen LogP contribution is -2.01. The lowest BCUT2D eigenvalue weighted by Gasteiger charge is -2.02. The van der Waals surface area contributed by atoms with Gasteiger partial charge in [-0.3, -0.25) is 4.79 Å². The van der Waals surface area contributed by atoms with E-state index in [9.17, 15) is 4.79 Å². The zero-order valence-electron chi connectivity index (χ0n) is 12.6. The van der Waals surface area contributed by atoms with Crippen LogP contribution in [0.4, 0.5) is 5.13 Å². The van der Waals surface area contributed by atoms with Gasteiger partial charge in [0, 0.05) is 23.9 Å². The molecule has 2 N–H and O–H groups in total. The van der Waals surface area contributed by atoms with Crippen molar-refractivity contribution in [3.8, 4) is 22.8 Å². The van der Waals surface area contributed by atoms with Gasteiger partial charge < -0.3 is 19.9 Å². The van der Waals surface area contributed by atoms with Crippen molar-refractivity contribution < 1.29 is 19.4 Å². The molecule has 1 aliphatic rings. The van der Waals surface area contributed by atoms with Gasteiger partial charge in [0.2, 0.25) is 6.79 Å². The van der Waals surface area contributed by atoms with Crippen LogP contribution >= 0.6 is 11.3 Å². The highest BCUT2D eigenvalue weighted by molar-refractivity contribution is 7.14. The van der Waals surface area contributed by atoms with E-state index in [-0.39, 0.29) is 13.2 Å².